The molecule has 14 nitrogen and oxygen atoms in total. The number of nitrogen functional groups attached to an aromatic ring is 1. The third kappa shape index (κ3) is 7.65. The van der Waals surface area contributed by atoms with E-state index in [0.717, 1.165) is 16.7 Å². The number of thioether (sulfide) groups is 1. The number of nitrogens with one attached hydrogen (secondary N) is 1. The quantitative estimate of drug-likeness (QED) is 0.0661. The van der Waals surface area contributed by atoms with E-state index < -0.39 is 84.0 Å². The van der Waals surface area contributed by atoms with Crippen molar-refractivity contribution >= 4 is 63.7 Å². The fourth-order valence-corrected chi connectivity index (χ4v) is 4.86. The molecule has 3 heterocycles. The van der Waals surface area contributed by atoms with Crippen molar-refractivity contribution in [2.75, 3.05) is 24.7 Å². The van der Waals surface area contributed by atoms with Gasteiger partial charge in [-0.05, 0) is 6.92 Å². The minimum Gasteiger partial charge on any atom is -0.543 e. The first-order valence-electron chi connectivity index (χ1n) is 9.98. The molecule has 1 fully saturated rings. The number of Topliss-reactive ketones (excluding diaryl/α,β-unsaturated/α-hetero) is 1. The van der Waals surface area contributed by atoms with Crippen LogP contribution in [0.1, 0.15) is 19.2 Å². The first kappa shape index (κ1) is 31.5. The SMILES string of the molecule is CC(=O)CC(=O)OCC1=C(C(=O)[O-])N2C(=O)C(NC(=O)C(=NOCC(F)(F)F)c3nsc(N)n3)[C@@H]2SC1.[Na+]. The molecule has 0 radical (unpaired) electrons. The number of oxime groups is 1. The number of aliphatic carboxylic acids is 1. The first-order chi connectivity index (χ1) is 17.3. The summed E-state index contributed by atoms with van der Waals surface area (Å²) in [6, 6.07) is -1.31. The number of anilines is 1. The number of carbonyl (C=O) groups is 5. The molecule has 2 atom stereocenters. The number of ether oxygens (including phenoxy) is 1. The molecule has 38 heavy (non-hydrogen) atoms. The molecule has 1 aromatic rings. The minimum absolute atomic E-state index is 0. The van der Waals surface area contributed by atoms with Gasteiger partial charge in [-0.15, -0.1) is 11.8 Å². The van der Waals surface area contributed by atoms with E-state index in [2.05, 4.69) is 24.7 Å². The number of esters is 1. The van der Waals surface area contributed by atoms with E-state index in [1.807, 2.05) is 0 Å². The van der Waals surface area contributed by atoms with Gasteiger partial charge in [0, 0.05) is 22.9 Å². The summed E-state index contributed by atoms with van der Waals surface area (Å²) in [5.41, 5.74) is 4.12. The van der Waals surface area contributed by atoms with E-state index in [1.54, 1.807) is 0 Å². The Hall–Kier alpha value is -2.74. The number of halogens is 3. The number of fused-ring (bicyclic) bond motifs is 1. The van der Waals surface area contributed by atoms with Gasteiger partial charge in [0.05, 0.1) is 11.7 Å². The molecule has 0 saturated carbocycles. The average Bonchev–Trinajstić information content (AvgIpc) is 3.22. The van der Waals surface area contributed by atoms with Gasteiger partial charge in [0.2, 0.25) is 18.1 Å². The number of ketones is 1. The zero-order valence-electron chi connectivity index (χ0n) is 19.6. The third-order valence-corrected chi connectivity index (χ3v) is 6.46. The summed E-state index contributed by atoms with van der Waals surface area (Å²) in [6.07, 6.45) is -5.27. The zero-order chi connectivity index (χ0) is 27.5. The number of alkyl halides is 3. The molecule has 2 aliphatic rings. The molecule has 20 heteroatoms. The number of carboxylic acids is 1. The Kier molecular flexibility index (Phi) is 10.7. The summed E-state index contributed by atoms with van der Waals surface area (Å²) in [4.78, 5) is 68.5. The average molecular weight is 588 g/mol. The number of nitrogens with two attached hydrogens (primary N) is 1. The van der Waals surface area contributed by atoms with Crippen molar-refractivity contribution in [2.24, 2.45) is 5.16 Å². The van der Waals surface area contributed by atoms with Crippen LogP contribution in [0.3, 0.4) is 0 Å². The zero-order valence-corrected chi connectivity index (χ0v) is 23.2. The van der Waals surface area contributed by atoms with Gasteiger partial charge >= 0.3 is 41.7 Å². The Morgan fingerprint density at radius 3 is 2.55 bits per heavy atom. The Morgan fingerprint density at radius 2 is 2.00 bits per heavy atom. The van der Waals surface area contributed by atoms with Crippen molar-refractivity contribution in [3.8, 4) is 0 Å². The maximum atomic E-state index is 12.8. The smallest absolute Gasteiger partial charge is 0.543 e. The van der Waals surface area contributed by atoms with Gasteiger partial charge in [0.15, 0.2) is 5.13 Å². The van der Waals surface area contributed by atoms with E-state index >= 15 is 0 Å². The molecule has 1 aromatic heterocycles. The van der Waals surface area contributed by atoms with Gasteiger partial charge in [0.25, 0.3) is 11.8 Å². The van der Waals surface area contributed by atoms with Crippen LogP contribution in [-0.2, 0) is 33.5 Å². The normalized spacial score (nSPS) is 19.1. The molecule has 0 aliphatic carbocycles. The van der Waals surface area contributed by atoms with Crippen LogP contribution in [0.2, 0.25) is 0 Å². The summed E-state index contributed by atoms with van der Waals surface area (Å²) in [5, 5.41) is 16.1. The number of aromatic nitrogens is 2. The predicted octanol–water partition coefficient (Wildman–Crippen LogP) is -4.67. The molecule has 2 amide bonds. The Labute approximate surface area is 241 Å². The maximum Gasteiger partial charge on any atom is 1.00 e. The number of carboxylic acid groups (broad SMARTS) is 1. The van der Waals surface area contributed by atoms with Gasteiger partial charge in [0.1, 0.15) is 30.2 Å². The fourth-order valence-electron chi connectivity index (χ4n) is 3.10. The van der Waals surface area contributed by atoms with Gasteiger partial charge in [-0.3, -0.25) is 24.1 Å². The van der Waals surface area contributed by atoms with E-state index in [1.165, 1.54) is 6.92 Å². The second kappa shape index (κ2) is 12.9. The van der Waals surface area contributed by atoms with Gasteiger partial charge < -0.3 is 30.5 Å². The third-order valence-electron chi connectivity index (χ3n) is 4.58. The maximum absolute atomic E-state index is 12.8. The number of hydrogen-bond acceptors (Lipinski definition) is 14. The molecular weight excluding hydrogens is 572 g/mol. The van der Waals surface area contributed by atoms with Crippen LogP contribution in [0, 0.1) is 0 Å². The molecule has 3 rings (SSSR count). The topological polar surface area (TPSA) is 206 Å². The molecular formula is C18H16F3N6NaO8S2. The van der Waals surface area contributed by atoms with Crippen molar-refractivity contribution in [3.63, 3.8) is 0 Å². The summed E-state index contributed by atoms with van der Waals surface area (Å²) >= 11 is 1.63. The molecule has 200 valence electrons. The van der Waals surface area contributed by atoms with Crippen LogP contribution in [0.25, 0.3) is 0 Å². The van der Waals surface area contributed by atoms with Crippen molar-refractivity contribution in [2.45, 2.75) is 30.9 Å². The van der Waals surface area contributed by atoms with E-state index in [9.17, 15) is 42.3 Å². The molecule has 1 saturated heterocycles. The second-order valence-corrected chi connectivity index (χ2v) is 9.31. The first-order valence-corrected chi connectivity index (χ1v) is 11.8. The summed E-state index contributed by atoms with van der Waals surface area (Å²) in [5.74, 6) is -5.66. The van der Waals surface area contributed by atoms with Crippen molar-refractivity contribution in [3.05, 3.63) is 17.1 Å². The van der Waals surface area contributed by atoms with Crippen LogP contribution in [0.15, 0.2) is 16.4 Å². The van der Waals surface area contributed by atoms with Crippen LogP contribution < -0.4 is 45.7 Å². The number of carbonyl (C=O) groups excluding carboxylic acids is 5. The number of β-lactam (4-membered cyclic amide) rings is 1. The fraction of sp³-hybridized carbons (Fsp3) is 0.444. The van der Waals surface area contributed by atoms with Gasteiger partial charge in [-0.25, -0.2) is 0 Å². The summed E-state index contributed by atoms with van der Waals surface area (Å²) < 4.78 is 45.8. The van der Waals surface area contributed by atoms with E-state index in [-0.39, 0.29) is 46.0 Å². The second-order valence-electron chi connectivity index (χ2n) is 7.42. The molecule has 0 bridgehead atoms. The van der Waals surface area contributed by atoms with Crippen molar-refractivity contribution in [1.29, 1.82) is 0 Å². The Balaban J connectivity index is 0.00000507. The number of amides is 2. The van der Waals surface area contributed by atoms with Crippen LogP contribution in [-0.4, -0.2) is 86.1 Å². The standard InChI is InChI=1S/C18H17F3N6O8S2.Na/c1-6(28)2-8(29)34-3-7-4-36-15-10(14(31)27(15)11(7)16(32)33)23-13(30)9(12-24-17(22)37-26-12)25-35-5-18(19,20)21;/h10,15H,2-5H2,1H3,(H,23,30)(H,32,33)(H2,22,24,26);/q;+1/p-1/t10?,15-;/m0./s1. The summed E-state index contributed by atoms with van der Waals surface area (Å²) in [7, 11) is 0. The summed E-state index contributed by atoms with van der Waals surface area (Å²) in [6.45, 7) is -1.17. The minimum atomic E-state index is -4.76. The van der Waals surface area contributed by atoms with Crippen LogP contribution in [0.4, 0.5) is 18.3 Å². The predicted molar refractivity (Wildman–Crippen MR) is 116 cm³/mol. The molecule has 3 N–H and O–H groups in total. The largest absolute Gasteiger partial charge is 1.00 e. The van der Waals surface area contributed by atoms with Crippen molar-refractivity contribution < 1.29 is 81.4 Å². The van der Waals surface area contributed by atoms with Crippen LogP contribution in [0.5, 0.6) is 0 Å². The molecule has 0 aromatic carbocycles. The Morgan fingerprint density at radius 1 is 1.32 bits per heavy atom. The van der Waals surface area contributed by atoms with Crippen LogP contribution >= 0.6 is 23.3 Å². The van der Waals surface area contributed by atoms with E-state index in [0.29, 0.717) is 11.5 Å². The van der Waals surface area contributed by atoms with Gasteiger partial charge in [-0.2, -0.15) is 22.5 Å². The van der Waals surface area contributed by atoms with Gasteiger partial charge in [-0.1, -0.05) is 5.16 Å². The monoisotopic (exact) mass is 588 g/mol. The Bertz CT molecular complexity index is 1210. The number of hydrogen-bond donors (Lipinski definition) is 2. The van der Waals surface area contributed by atoms with E-state index in [4.69, 9.17) is 10.5 Å². The molecule has 1 unspecified atom stereocenters. The number of rotatable bonds is 10. The molecule has 0 spiro atoms. The number of nitrogens with zero attached hydrogens (tertiary/aromatic N) is 4. The van der Waals surface area contributed by atoms with Crippen molar-refractivity contribution in [1.82, 2.24) is 19.6 Å². The molecule has 2 aliphatic heterocycles.